The van der Waals surface area contributed by atoms with Gasteiger partial charge in [0, 0.05) is 57.9 Å². The van der Waals surface area contributed by atoms with Crippen LogP contribution >= 0.6 is 23.4 Å². The topological polar surface area (TPSA) is 111 Å². The summed E-state index contributed by atoms with van der Waals surface area (Å²) in [5, 5.41) is 14.2. The molecule has 0 amide bonds. The van der Waals surface area contributed by atoms with Crippen LogP contribution in [0.2, 0.25) is 5.02 Å². The van der Waals surface area contributed by atoms with E-state index in [9.17, 15) is 5.26 Å². The lowest BCUT2D eigenvalue weighted by molar-refractivity contribution is 0.134. The van der Waals surface area contributed by atoms with Crippen LogP contribution in [0.25, 0.3) is 16.7 Å². The van der Waals surface area contributed by atoms with Crippen LogP contribution in [0.3, 0.4) is 0 Å². The standard InChI is InChI=1S/C34H37ClFN7OS.C2H6/c1-4-6-28(43-12-10-19(2)15-43)41-34(39-14-21-7-5-11-40-42-21)29-20(3)33(35)31(24-17-44-16-23(24)29)32-25(36)8-9-27-30(32)22(13-37)26(38)18-45-27;1-2/h5-9,11,19,40,42H,4,10,12,14-18,38H2,1-3H3,(H,39,41);1-2H3/b28-6-;. The normalized spacial score (nSPS) is 18.8. The summed E-state index contributed by atoms with van der Waals surface area (Å²) in [6.45, 7) is 13.2. The number of amidine groups is 1. The largest absolute Gasteiger partial charge is 0.400 e. The summed E-state index contributed by atoms with van der Waals surface area (Å²) < 4.78 is 22.0. The van der Waals surface area contributed by atoms with Gasteiger partial charge in [-0.05, 0) is 72.7 Å². The van der Waals surface area contributed by atoms with E-state index in [0.29, 0.717) is 58.1 Å². The van der Waals surface area contributed by atoms with Crippen LogP contribution in [0.1, 0.15) is 68.4 Å². The van der Waals surface area contributed by atoms with E-state index in [0.717, 1.165) is 64.6 Å². The molecule has 1 saturated heterocycles. The fraction of sp³-hybridized carbons (Fsp3) is 0.389. The summed E-state index contributed by atoms with van der Waals surface area (Å²) in [5.74, 6) is 2.29. The van der Waals surface area contributed by atoms with Gasteiger partial charge in [0.1, 0.15) is 23.5 Å². The minimum atomic E-state index is -0.459. The lowest BCUT2D eigenvalue weighted by Gasteiger charge is -2.27. The van der Waals surface area contributed by atoms with E-state index in [4.69, 9.17) is 27.1 Å². The molecule has 1 unspecified atom stereocenters. The van der Waals surface area contributed by atoms with Crippen molar-refractivity contribution in [2.24, 2.45) is 16.6 Å². The van der Waals surface area contributed by atoms with E-state index < -0.39 is 5.82 Å². The van der Waals surface area contributed by atoms with Crippen molar-refractivity contribution < 1.29 is 9.13 Å². The maximum absolute atomic E-state index is 16.0. The highest BCUT2D eigenvalue weighted by molar-refractivity contribution is 7.99. The summed E-state index contributed by atoms with van der Waals surface area (Å²) in [6, 6.07) is 5.38. The number of hydrogen-bond acceptors (Lipinski definition) is 8. The van der Waals surface area contributed by atoms with Gasteiger partial charge in [-0.3, -0.25) is 4.99 Å². The van der Waals surface area contributed by atoms with Gasteiger partial charge in [-0.25, -0.2) is 4.39 Å². The number of aliphatic imine (C=N–C) groups is 1. The highest BCUT2D eigenvalue weighted by Crippen LogP contribution is 2.49. The van der Waals surface area contributed by atoms with Crippen molar-refractivity contribution in [3.63, 3.8) is 0 Å². The molecule has 248 valence electrons. The molecule has 0 bridgehead atoms. The number of ether oxygens (including phenoxy) is 1. The molecule has 6 rings (SSSR count). The fourth-order valence-corrected chi connectivity index (χ4v) is 7.62. The fourth-order valence-electron chi connectivity index (χ4n) is 6.35. The molecule has 2 aromatic rings. The Morgan fingerprint density at radius 2 is 2.06 bits per heavy atom. The van der Waals surface area contributed by atoms with Crippen molar-refractivity contribution in [1.29, 1.82) is 5.26 Å². The van der Waals surface area contributed by atoms with E-state index in [2.05, 4.69) is 47.1 Å². The second-order valence-electron chi connectivity index (χ2n) is 11.7. The van der Waals surface area contributed by atoms with Gasteiger partial charge in [-0.15, -0.1) is 11.8 Å². The zero-order valence-corrected chi connectivity index (χ0v) is 29.3. The number of benzene rings is 2. The Bertz CT molecular complexity index is 1740. The third-order valence-electron chi connectivity index (χ3n) is 8.58. The first-order valence-electron chi connectivity index (χ1n) is 16.2. The van der Waals surface area contributed by atoms with Crippen LogP contribution in [-0.4, -0.2) is 36.1 Å². The minimum Gasteiger partial charge on any atom is -0.400 e. The first-order chi connectivity index (χ1) is 22.8. The van der Waals surface area contributed by atoms with Gasteiger partial charge in [0.15, 0.2) is 0 Å². The lowest BCUT2D eigenvalue weighted by Crippen LogP contribution is -2.36. The number of rotatable bonds is 7. The highest BCUT2D eigenvalue weighted by Gasteiger charge is 2.33. The molecular formula is C36H43ClFN7OS. The van der Waals surface area contributed by atoms with Crippen molar-refractivity contribution in [2.75, 3.05) is 25.4 Å². The monoisotopic (exact) mass is 675 g/mol. The maximum atomic E-state index is 16.0. The smallest absolute Gasteiger partial charge is 0.134 e. The number of likely N-dealkylation sites (tertiary alicyclic amines) is 1. The Labute approximate surface area is 286 Å². The van der Waals surface area contributed by atoms with Gasteiger partial charge in [0.2, 0.25) is 0 Å². The number of halogens is 2. The van der Waals surface area contributed by atoms with Crippen molar-refractivity contribution in [2.45, 2.75) is 65.6 Å². The van der Waals surface area contributed by atoms with Gasteiger partial charge in [0.05, 0.1) is 36.1 Å². The van der Waals surface area contributed by atoms with Crippen LogP contribution in [0.4, 0.5) is 4.39 Å². The molecule has 4 heterocycles. The number of nitrogens with two attached hydrogens (primary N) is 1. The molecule has 4 aliphatic heterocycles. The molecule has 2 aromatic carbocycles. The molecule has 0 saturated carbocycles. The number of nitrogens with zero attached hydrogens (tertiary/aromatic N) is 3. The summed E-state index contributed by atoms with van der Waals surface area (Å²) in [5.41, 5.74) is 18.7. The van der Waals surface area contributed by atoms with Crippen molar-refractivity contribution in [1.82, 2.24) is 21.1 Å². The molecule has 1 fully saturated rings. The third-order valence-corrected chi connectivity index (χ3v) is 10.2. The van der Waals surface area contributed by atoms with Crippen LogP contribution in [0.5, 0.6) is 0 Å². The molecule has 47 heavy (non-hydrogen) atoms. The number of nitriles is 1. The maximum Gasteiger partial charge on any atom is 0.134 e. The Hall–Kier alpha value is -3.91. The lowest BCUT2D eigenvalue weighted by atomic mass is 9.85. The van der Waals surface area contributed by atoms with Crippen molar-refractivity contribution in [3.8, 4) is 17.2 Å². The summed E-state index contributed by atoms with van der Waals surface area (Å²) >= 11 is 8.78. The van der Waals surface area contributed by atoms with E-state index in [1.807, 2.05) is 39.1 Å². The molecule has 0 spiro atoms. The molecule has 4 aliphatic rings. The number of fused-ring (bicyclic) bond motifs is 2. The Kier molecular flexibility index (Phi) is 11.2. The molecule has 0 aliphatic carbocycles. The number of hydrazine groups is 1. The van der Waals surface area contributed by atoms with Crippen LogP contribution in [0, 0.1) is 30.0 Å². The second kappa shape index (κ2) is 15.3. The number of thioether (sulfide) groups is 1. The predicted octanol–water partition coefficient (Wildman–Crippen LogP) is 7.24. The number of allylic oxidation sites excluding steroid dienone is 4. The van der Waals surface area contributed by atoms with Crippen molar-refractivity contribution >= 4 is 34.8 Å². The summed E-state index contributed by atoms with van der Waals surface area (Å²) in [6.07, 6.45) is 9.90. The molecule has 8 nitrogen and oxygen atoms in total. The van der Waals surface area contributed by atoms with Gasteiger partial charge >= 0.3 is 0 Å². The molecule has 0 radical (unpaired) electrons. The van der Waals surface area contributed by atoms with E-state index in [-0.39, 0.29) is 12.2 Å². The van der Waals surface area contributed by atoms with Gasteiger partial charge < -0.3 is 31.5 Å². The molecular weight excluding hydrogens is 633 g/mol. The molecule has 5 N–H and O–H groups in total. The first-order valence-corrected chi connectivity index (χ1v) is 17.6. The quantitative estimate of drug-likeness (QED) is 0.180. The highest BCUT2D eigenvalue weighted by atomic mass is 35.5. The Morgan fingerprint density at radius 1 is 1.28 bits per heavy atom. The molecule has 0 aromatic heterocycles. The zero-order valence-electron chi connectivity index (χ0n) is 27.7. The Balaban J connectivity index is 0.00000213. The average molecular weight is 676 g/mol. The first kappa shape index (κ1) is 34.4. The van der Waals surface area contributed by atoms with Gasteiger partial charge in [-0.2, -0.15) is 5.26 Å². The molecule has 1 atom stereocenters. The minimum absolute atomic E-state index is 0.255. The predicted molar refractivity (Wildman–Crippen MR) is 191 cm³/mol. The van der Waals surface area contributed by atoms with E-state index in [1.54, 1.807) is 6.07 Å². The summed E-state index contributed by atoms with van der Waals surface area (Å²) in [4.78, 5) is 8.28. The number of nitrogens with one attached hydrogen (secondary N) is 3. The van der Waals surface area contributed by atoms with Gasteiger partial charge in [-0.1, -0.05) is 39.3 Å². The second-order valence-corrected chi connectivity index (χ2v) is 13.1. The number of hydrogen-bond donors (Lipinski definition) is 4. The van der Waals surface area contributed by atoms with Crippen LogP contribution in [-0.2, 0) is 18.0 Å². The molecule has 11 heteroatoms. The van der Waals surface area contributed by atoms with Crippen LogP contribution in [0.15, 0.2) is 63.7 Å². The SMILES string of the molecule is CC.CC/C=C(/NC(=NCC1=CC=CNN1)c1c(C)c(Cl)c(-c2c(F)ccc3c2C(C#N)=C(N)CS3)c2c1COC2)N1CCC(C)C1. The van der Waals surface area contributed by atoms with Crippen molar-refractivity contribution in [3.05, 3.63) is 92.4 Å². The van der Waals surface area contributed by atoms with Gasteiger partial charge in [0.25, 0.3) is 0 Å². The van der Waals surface area contributed by atoms with E-state index >= 15 is 4.39 Å². The van der Waals surface area contributed by atoms with Crippen LogP contribution < -0.4 is 21.9 Å². The average Bonchev–Trinajstić information content (AvgIpc) is 3.75. The third kappa shape index (κ3) is 6.89. The zero-order chi connectivity index (χ0) is 33.7. The van der Waals surface area contributed by atoms with E-state index in [1.165, 1.54) is 17.8 Å². The summed E-state index contributed by atoms with van der Waals surface area (Å²) in [7, 11) is 0. The Morgan fingerprint density at radius 3 is 2.74 bits per heavy atom.